The van der Waals surface area contributed by atoms with Crippen LogP contribution < -0.4 is 42.0 Å². The summed E-state index contributed by atoms with van der Waals surface area (Å²) in [6, 6.07) is 6.79. The Labute approximate surface area is 846 Å². The zero-order valence-electron chi connectivity index (χ0n) is 86.9. The van der Waals surface area contributed by atoms with Crippen molar-refractivity contribution in [2.75, 3.05) is 218 Å². The molecule has 2 saturated heterocycles. The van der Waals surface area contributed by atoms with Gasteiger partial charge in [-0.2, -0.15) is 0 Å². The molecule has 3 aliphatic rings. The standard InChI is InChI=1S/C99H163N11O34/c1-17-34-101-91(120)72(104-92(121)75(110-80(113)31-32-81(110)114)62-102-96(124)144-99(10,11)12)27-22-23-35-100-79(112)33-37-129-38-39-130-40-41-131-42-43-132-44-45-133-46-47-134-48-49-135-50-51-136-52-53-137-54-55-138-56-57-139-58-59-140-97(125)105-73-60-70(29-30-77(73)143-95-88(118)87(117)76(111)64-141-95)63-142-98(126)108(14)84(66(5)6)93(122)106-83(65(3)4)94(123)107(13)85(67(7)18-2)78(127-15)61-82(115)109-36-24-28-74(109)89(128-16)68(8)90(119)103-69(9)86(116)71-25-20-19-21-26-71/h19-21,25-26,29-32,60,65-69,72,74-76,78,83-89,95,111,116-118H,17-18,22-24,27-28,33-59,61-64H2,1-16H3,(H,100,112)(H,101,120)(H,102,124)(H,103,119)(H,104,121)(H,105,125)(H,106,122)/t67-,68+,69+,72-,74+,75-,76-,78+,83-,84-,85-,86+,87-,88+,89+,95-/m0/s1. The van der Waals surface area contributed by atoms with Crippen LogP contribution >= 0.6 is 0 Å². The molecule has 11 N–H and O–H groups in total. The molecule has 0 aromatic heterocycles. The highest BCUT2D eigenvalue weighted by Gasteiger charge is 2.46. The Hall–Kier alpha value is -9.50. The van der Waals surface area contributed by atoms with E-state index < -0.39 is 175 Å². The number of carbonyl (C=O) groups excluding carboxylic acids is 12. The second-order valence-corrected chi connectivity index (χ2v) is 36.7. The summed E-state index contributed by atoms with van der Waals surface area (Å²) in [5.74, 6) is -6.66. The summed E-state index contributed by atoms with van der Waals surface area (Å²) >= 11 is 0. The van der Waals surface area contributed by atoms with Crippen molar-refractivity contribution >= 4 is 77.1 Å². The van der Waals surface area contributed by atoms with Gasteiger partial charge in [0.15, 0.2) is 0 Å². The highest BCUT2D eigenvalue weighted by molar-refractivity contribution is 6.15. The van der Waals surface area contributed by atoms with Gasteiger partial charge in [-0.15, -0.1) is 0 Å². The number of hydrogen-bond acceptors (Lipinski definition) is 34. The molecule has 0 aliphatic carbocycles. The Balaban J connectivity index is 0.879. The van der Waals surface area contributed by atoms with E-state index in [2.05, 4.69) is 37.2 Å². The Morgan fingerprint density at radius 1 is 0.576 bits per heavy atom. The predicted octanol–water partition coefficient (Wildman–Crippen LogP) is 3.63. The van der Waals surface area contributed by atoms with Gasteiger partial charge in [0.2, 0.25) is 47.6 Å². The number of carbonyl (C=O) groups is 12. The van der Waals surface area contributed by atoms with Crippen LogP contribution in [0.2, 0.25) is 0 Å². The Morgan fingerprint density at radius 3 is 1.62 bits per heavy atom. The van der Waals surface area contributed by atoms with Crippen LogP contribution in [0.4, 0.5) is 20.1 Å². The molecule has 0 saturated carbocycles. The maximum absolute atomic E-state index is 14.9. The van der Waals surface area contributed by atoms with E-state index in [9.17, 15) is 78.0 Å². The van der Waals surface area contributed by atoms with Crippen molar-refractivity contribution < 1.29 is 163 Å². The molecule has 45 nitrogen and oxygen atoms in total. The first kappa shape index (κ1) is 125. The molecule has 45 heteroatoms. The van der Waals surface area contributed by atoms with Crippen LogP contribution in [0, 0.1) is 23.7 Å². The lowest BCUT2D eigenvalue weighted by atomic mass is 9.89. The molecule has 0 radical (unpaired) electrons. The molecule has 2 aromatic carbocycles. The van der Waals surface area contributed by atoms with Gasteiger partial charge in [0.05, 0.1) is 213 Å². The lowest BCUT2D eigenvalue weighted by Gasteiger charge is -2.41. The number of aliphatic hydroxyl groups excluding tert-OH is 4. The van der Waals surface area contributed by atoms with Crippen molar-refractivity contribution in [2.24, 2.45) is 23.7 Å². The van der Waals surface area contributed by atoms with Gasteiger partial charge in [0.1, 0.15) is 67.0 Å². The first-order chi connectivity index (χ1) is 68.9. The van der Waals surface area contributed by atoms with E-state index in [0.717, 1.165) is 17.1 Å². The molecule has 0 bridgehead atoms. The molecule has 5 rings (SSSR count). The summed E-state index contributed by atoms with van der Waals surface area (Å²) in [7, 11) is 6.00. The maximum atomic E-state index is 14.9. The third-order valence-corrected chi connectivity index (χ3v) is 23.8. The number of likely N-dealkylation sites (tertiary alicyclic amines) is 1. The second-order valence-electron chi connectivity index (χ2n) is 36.7. The van der Waals surface area contributed by atoms with E-state index in [0.29, 0.717) is 180 Å². The zero-order chi connectivity index (χ0) is 106. The van der Waals surface area contributed by atoms with Gasteiger partial charge in [0.25, 0.3) is 11.8 Å². The van der Waals surface area contributed by atoms with Gasteiger partial charge in [-0.05, 0) is 107 Å². The largest absolute Gasteiger partial charge is 0.460 e. The number of ether oxygens (including phenoxy) is 18. The van der Waals surface area contributed by atoms with Crippen LogP contribution in [0.5, 0.6) is 5.75 Å². The van der Waals surface area contributed by atoms with E-state index >= 15 is 0 Å². The van der Waals surface area contributed by atoms with E-state index in [1.807, 2.05) is 39.0 Å². The van der Waals surface area contributed by atoms with Crippen molar-refractivity contribution in [3.8, 4) is 5.75 Å². The smallest absolute Gasteiger partial charge is 0.411 e. The molecule has 3 aliphatic heterocycles. The number of methoxy groups -OCH3 is 2. The lowest BCUT2D eigenvalue weighted by Crippen LogP contribution is -2.60. The van der Waals surface area contributed by atoms with Crippen molar-refractivity contribution in [1.29, 1.82) is 0 Å². The number of rotatable bonds is 74. The third kappa shape index (κ3) is 45.9. The lowest BCUT2D eigenvalue weighted by molar-refractivity contribution is -0.241. The molecular formula is C99H163N11O34. The van der Waals surface area contributed by atoms with E-state index in [1.165, 1.54) is 44.4 Å². The van der Waals surface area contributed by atoms with E-state index in [-0.39, 0.29) is 107 Å². The topological polar surface area (TPSA) is 549 Å². The molecule has 818 valence electrons. The summed E-state index contributed by atoms with van der Waals surface area (Å²) in [5.41, 5.74) is 0.0845. The van der Waals surface area contributed by atoms with Crippen molar-refractivity contribution in [2.45, 2.75) is 238 Å². The van der Waals surface area contributed by atoms with Crippen molar-refractivity contribution in [1.82, 2.24) is 51.5 Å². The molecular weight excluding hydrogens is 1890 g/mol. The third-order valence-electron chi connectivity index (χ3n) is 23.8. The molecule has 16 atom stereocenters. The number of likely N-dealkylation sites (N-methyl/N-ethyl adjacent to an activating group) is 2. The van der Waals surface area contributed by atoms with Crippen LogP contribution in [0.15, 0.2) is 60.7 Å². The highest BCUT2D eigenvalue weighted by Crippen LogP contribution is 2.33. The average molecular weight is 2050 g/mol. The van der Waals surface area contributed by atoms with Crippen LogP contribution in [-0.4, -0.2) is 409 Å². The number of unbranched alkanes of at least 4 members (excludes halogenated alkanes) is 1. The normalized spacial score (nSPS) is 18.2. The summed E-state index contributed by atoms with van der Waals surface area (Å²) < 4.78 is 101. The number of imide groups is 1. The average Bonchev–Trinajstić information content (AvgIpc) is 1.52. The molecule has 0 spiro atoms. The minimum Gasteiger partial charge on any atom is -0.460 e. The highest BCUT2D eigenvalue weighted by atomic mass is 16.7. The monoisotopic (exact) mass is 2050 g/mol. The number of aliphatic hydroxyl groups is 4. The number of benzene rings is 2. The van der Waals surface area contributed by atoms with Crippen molar-refractivity contribution in [3.63, 3.8) is 0 Å². The molecule has 2 fully saturated rings. The summed E-state index contributed by atoms with van der Waals surface area (Å²) in [6.07, 6.45) is -5.82. The van der Waals surface area contributed by atoms with Crippen LogP contribution in [0.1, 0.15) is 158 Å². The maximum Gasteiger partial charge on any atom is 0.411 e. The minimum atomic E-state index is -1.70. The Bertz CT molecular complexity index is 4120. The van der Waals surface area contributed by atoms with Gasteiger partial charge in [-0.1, -0.05) is 98.2 Å². The zero-order valence-corrected chi connectivity index (χ0v) is 86.9. The number of nitrogens with one attached hydrogen (secondary N) is 7. The first-order valence-corrected chi connectivity index (χ1v) is 49.9. The van der Waals surface area contributed by atoms with Crippen LogP contribution in [0.3, 0.4) is 0 Å². The second kappa shape index (κ2) is 69.6. The predicted molar refractivity (Wildman–Crippen MR) is 523 cm³/mol. The van der Waals surface area contributed by atoms with E-state index in [4.69, 9.17) is 85.3 Å². The van der Waals surface area contributed by atoms with Gasteiger partial charge in [0, 0.05) is 66.5 Å². The van der Waals surface area contributed by atoms with Crippen LogP contribution in [-0.2, 0) is 130 Å². The molecule has 12 amide bonds. The number of alkyl carbamates (subject to hydrolysis) is 1. The van der Waals surface area contributed by atoms with Gasteiger partial charge >= 0.3 is 18.3 Å². The summed E-state index contributed by atoms with van der Waals surface area (Å²) in [6.45, 7) is 27.8. The van der Waals surface area contributed by atoms with Crippen LogP contribution in [0.25, 0.3) is 0 Å². The van der Waals surface area contributed by atoms with Crippen molar-refractivity contribution in [3.05, 3.63) is 71.8 Å². The Kier molecular flexibility index (Phi) is 60.4. The summed E-state index contributed by atoms with van der Waals surface area (Å²) in [5, 5.41) is 61.3. The number of hydrogen-bond donors (Lipinski definition) is 11. The van der Waals surface area contributed by atoms with E-state index in [1.54, 1.807) is 86.4 Å². The number of nitrogens with zero attached hydrogens (tertiary/aromatic N) is 4. The molecule has 3 heterocycles. The molecule has 0 unspecified atom stereocenters. The first-order valence-electron chi connectivity index (χ1n) is 49.9. The SMILES string of the molecule is CCCNC(=O)[C@H](CCCCNC(=O)CCOCCOCCOCCOCCOCCOCCOCCOCCOCCOCCOCCOC(=O)Nc1cc(COC(=O)N(C)[C@H](C(=O)N[C@H](C(=O)N(C)[C@@H]([C@@H](C)CC)[C@@H](CC(=O)N2CCC[C@@H]2[C@H](OC)[C@@H](C)C(=O)N[C@H](C)[C@@H](O)c2ccccc2)OC)C(C)C)C(C)C)ccc1O[C@@H]1OC[C@H](O)[C@H](O)[C@H]1O)NC(=O)[C@H](CNC(=O)OC(C)(C)C)N1C(=O)C=CC1=O. The quantitative estimate of drug-likeness (QED) is 0.0256. The fraction of sp³-hybridized carbons (Fsp3) is 0.737. The fourth-order valence-corrected chi connectivity index (χ4v) is 15.8. The van der Waals surface area contributed by atoms with Gasteiger partial charge < -0.3 is 147 Å². The molecule has 144 heavy (non-hydrogen) atoms. The van der Waals surface area contributed by atoms with Gasteiger partial charge in [-0.25, -0.2) is 14.4 Å². The number of amides is 12. The van der Waals surface area contributed by atoms with Gasteiger partial charge in [-0.3, -0.25) is 58.3 Å². The number of anilines is 1. The summed E-state index contributed by atoms with van der Waals surface area (Å²) in [4.78, 5) is 167. The Morgan fingerprint density at radius 2 is 1.12 bits per heavy atom. The molecule has 2 aromatic rings. The fourth-order valence-electron chi connectivity index (χ4n) is 15.8. The minimum absolute atomic E-state index is 0.00916.